The molecule has 3 aliphatic heterocycles. The molecule has 114 valence electrons. The Bertz CT molecular complexity index is 627. The molecule has 0 saturated carbocycles. The van der Waals surface area contributed by atoms with Crippen molar-refractivity contribution >= 4 is 11.9 Å². The quantitative estimate of drug-likeness (QED) is 0.797. The third kappa shape index (κ3) is 2.22. The molecule has 4 atom stereocenters. The van der Waals surface area contributed by atoms with Crippen molar-refractivity contribution < 1.29 is 19.1 Å². The van der Waals surface area contributed by atoms with Crippen LogP contribution in [0.15, 0.2) is 42.5 Å². The van der Waals surface area contributed by atoms with Gasteiger partial charge in [-0.15, -0.1) is 0 Å². The molecular formula is C17H17NO4. The fourth-order valence-electron chi connectivity index (χ4n) is 3.49. The summed E-state index contributed by atoms with van der Waals surface area (Å²) in [7, 11) is 0. The van der Waals surface area contributed by atoms with Crippen LogP contribution in [-0.4, -0.2) is 47.7 Å². The van der Waals surface area contributed by atoms with Crippen LogP contribution in [-0.2, 0) is 20.7 Å². The van der Waals surface area contributed by atoms with Crippen molar-refractivity contribution in [3.8, 4) is 0 Å². The van der Waals surface area contributed by atoms with Crippen LogP contribution in [0.4, 0.5) is 4.79 Å². The zero-order valence-electron chi connectivity index (χ0n) is 12.1. The van der Waals surface area contributed by atoms with Gasteiger partial charge in [0.1, 0.15) is 18.8 Å². The number of ketones is 1. The number of hydrogen-bond acceptors (Lipinski definition) is 4. The molecule has 0 aliphatic carbocycles. The smallest absolute Gasteiger partial charge is 0.410 e. The van der Waals surface area contributed by atoms with Crippen LogP contribution < -0.4 is 0 Å². The van der Waals surface area contributed by atoms with Crippen molar-refractivity contribution in [3.05, 3.63) is 48.0 Å². The third-order valence-corrected chi connectivity index (χ3v) is 4.51. The van der Waals surface area contributed by atoms with E-state index >= 15 is 0 Å². The Morgan fingerprint density at radius 1 is 1.14 bits per heavy atom. The van der Waals surface area contributed by atoms with Crippen LogP contribution in [0.2, 0.25) is 0 Å². The summed E-state index contributed by atoms with van der Waals surface area (Å²) < 4.78 is 11.0. The van der Waals surface area contributed by atoms with E-state index in [1.165, 1.54) is 0 Å². The highest BCUT2D eigenvalue weighted by atomic mass is 16.6. The molecule has 0 unspecified atom stereocenters. The average Bonchev–Trinajstić information content (AvgIpc) is 3.07. The maximum absolute atomic E-state index is 12.4. The summed E-state index contributed by atoms with van der Waals surface area (Å²) in [4.78, 5) is 26.2. The number of rotatable bonds is 3. The number of amides is 1. The Balaban J connectivity index is 1.59. The second-order valence-electron chi connectivity index (χ2n) is 5.97. The summed E-state index contributed by atoms with van der Waals surface area (Å²) in [5, 5.41) is 0. The summed E-state index contributed by atoms with van der Waals surface area (Å²) in [5.74, 6) is 0.0585. The molecule has 5 nitrogen and oxygen atoms in total. The molecule has 0 aromatic heterocycles. The second kappa shape index (κ2) is 5.25. The molecule has 3 heterocycles. The van der Waals surface area contributed by atoms with Crippen molar-refractivity contribution in [2.75, 3.05) is 6.61 Å². The number of carbonyl (C=O) groups excluding carboxylic acids is 2. The van der Waals surface area contributed by atoms with Gasteiger partial charge in [-0.2, -0.15) is 0 Å². The largest absolute Gasteiger partial charge is 0.447 e. The summed E-state index contributed by atoms with van der Waals surface area (Å²) in [6.07, 6.45) is 3.94. The minimum atomic E-state index is -0.557. The van der Waals surface area contributed by atoms with E-state index in [-0.39, 0.29) is 24.0 Å². The fraction of sp³-hybridized carbons (Fsp3) is 0.412. The SMILES string of the molecule is O=C1C[C@@H]2C=C[C@@H](O2)[C@@H]1N1C(=O)OC[C@@H]1Cc1ccccc1. The molecule has 1 amide bonds. The molecule has 0 radical (unpaired) electrons. The summed E-state index contributed by atoms with van der Waals surface area (Å²) >= 11 is 0. The van der Waals surface area contributed by atoms with Gasteiger partial charge in [0.25, 0.3) is 0 Å². The normalized spacial score (nSPS) is 33.4. The number of ether oxygens (including phenoxy) is 2. The van der Waals surface area contributed by atoms with E-state index in [0.717, 1.165) is 5.56 Å². The molecule has 2 saturated heterocycles. The van der Waals surface area contributed by atoms with Crippen LogP contribution in [0, 0.1) is 0 Å². The first-order chi connectivity index (χ1) is 10.7. The Morgan fingerprint density at radius 3 is 2.77 bits per heavy atom. The Kier molecular flexibility index (Phi) is 3.22. The lowest BCUT2D eigenvalue weighted by Crippen LogP contribution is -2.55. The predicted octanol–water partition coefficient (Wildman–Crippen LogP) is 1.71. The van der Waals surface area contributed by atoms with Crippen molar-refractivity contribution in [2.24, 2.45) is 0 Å². The first-order valence-corrected chi connectivity index (χ1v) is 7.58. The van der Waals surface area contributed by atoms with Gasteiger partial charge in [0.05, 0.1) is 12.1 Å². The lowest BCUT2D eigenvalue weighted by Gasteiger charge is -2.36. The molecule has 1 aromatic rings. The number of Topliss-reactive ketones (excluding diaryl/α,β-unsaturated/α-hetero) is 1. The van der Waals surface area contributed by atoms with E-state index in [1.807, 2.05) is 42.5 Å². The van der Waals surface area contributed by atoms with Gasteiger partial charge in [0, 0.05) is 6.42 Å². The number of fused-ring (bicyclic) bond motifs is 2. The summed E-state index contributed by atoms with van der Waals surface area (Å²) in [5.41, 5.74) is 1.12. The van der Waals surface area contributed by atoms with Crippen LogP contribution in [0.5, 0.6) is 0 Å². The van der Waals surface area contributed by atoms with Gasteiger partial charge in [-0.25, -0.2) is 4.79 Å². The van der Waals surface area contributed by atoms with E-state index in [1.54, 1.807) is 4.90 Å². The maximum atomic E-state index is 12.4. The highest BCUT2D eigenvalue weighted by molar-refractivity contribution is 5.90. The fourth-order valence-corrected chi connectivity index (χ4v) is 3.49. The van der Waals surface area contributed by atoms with Crippen LogP contribution >= 0.6 is 0 Å². The van der Waals surface area contributed by atoms with Crippen LogP contribution in [0.25, 0.3) is 0 Å². The molecule has 1 aromatic carbocycles. The lowest BCUT2D eigenvalue weighted by molar-refractivity contribution is -0.137. The highest BCUT2D eigenvalue weighted by Crippen LogP contribution is 2.32. The molecule has 22 heavy (non-hydrogen) atoms. The minimum Gasteiger partial charge on any atom is -0.447 e. The predicted molar refractivity (Wildman–Crippen MR) is 78.3 cm³/mol. The van der Waals surface area contributed by atoms with Gasteiger partial charge in [-0.1, -0.05) is 42.5 Å². The number of carbonyl (C=O) groups is 2. The molecule has 3 aliphatic rings. The van der Waals surface area contributed by atoms with Crippen molar-refractivity contribution in [1.29, 1.82) is 0 Å². The molecule has 2 fully saturated rings. The molecule has 4 rings (SSSR count). The van der Waals surface area contributed by atoms with Gasteiger partial charge in [0.15, 0.2) is 5.78 Å². The summed E-state index contributed by atoms with van der Waals surface area (Å²) in [6.45, 7) is 0.317. The van der Waals surface area contributed by atoms with E-state index in [2.05, 4.69) is 0 Å². The zero-order chi connectivity index (χ0) is 15.1. The van der Waals surface area contributed by atoms with E-state index in [4.69, 9.17) is 9.47 Å². The number of cyclic esters (lactones) is 1. The van der Waals surface area contributed by atoms with Crippen molar-refractivity contribution in [1.82, 2.24) is 4.90 Å². The number of hydrogen-bond donors (Lipinski definition) is 0. The van der Waals surface area contributed by atoms with Gasteiger partial charge in [0.2, 0.25) is 0 Å². The molecular weight excluding hydrogens is 282 g/mol. The molecule has 0 N–H and O–H groups in total. The van der Waals surface area contributed by atoms with Gasteiger partial charge >= 0.3 is 6.09 Å². The van der Waals surface area contributed by atoms with E-state index in [9.17, 15) is 9.59 Å². The standard InChI is InChI=1S/C17H17NO4/c19-14-9-13-6-7-15(22-13)16(14)18-12(10-21-17(18)20)8-11-4-2-1-3-5-11/h1-7,12-13,15-16H,8-10H2/t12-,13-,15+,16+/m0/s1. The van der Waals surface area contributed by atoms with Crippen molar-refractivity contribution in [2.45, 2.75) is 37.1 Å². The summed E-state index contributed by atoms with van der Waals surface area (Å²) in [6, 6.07) is 9.25. The maximum Gasteiger partial charge on any atom is 0.410 e. The number of benzene rings is 1. The number of nitrogens with zero attached hydrogens (tertiary/aromatic N) is 1. The Hall–Kier alpha value is -2.14. The Labute approximate surface area is 128 Å². The first-order valence-electron chi connectivity index (χ1n) is 7.58. The third-order valence-electron chi connectivity index (χ3n) is 4.51. The van der Waals surface area contributed by atoms with Gasteiger partial charge < -0.3 is 9.47 Å². The monoisotopic (exact) mass is 299 g/mol. The topological polar surface area (TPSA) is 55.8 Å². The van der Waals surface area contributed by atoms with Crippen LogP contribution in [0.3, 0.4) is 0 Å². The van der Waals surface area contributed by atoms with Gasteiger partial charge in [-0.3, -0.25) is 9.69 Å². The van der Waals surface area contributed by atoms with Gasteiger partial charge in [-0.05, 0) is 12.0 Å². The van der Waals surface area contributed by atoms with Crippen molar-refractivity contribution in [3.63, 3.8) is 0 Å². The molecule has 5 heteroatoms. The second-order valence-corrected chi connectivity index (χ2v) is 5.97. The van der Waals surface area contributed by atoms with Crippen LogP contribution in [0.1, 0.15) is 12.0 Å². The molecule has 0 spiro atoms. The Morgan fingerprint density at radius 2 is 1.95 bits per heavy atom. The zero-order valence-corrected chi connectivity index (χ0v) is 12.1. The minimum absolute atomic E-state index is 0.0585. The van der Waals surface area contributed by atoms with E-state index in [0.29, 0.717) is 19.4 Å². The van der Waals surface area contributed by atoms with E-state index < -0.39 is 12.1 Å². The average molecular weight is 299 g/mol. The molecule has 2 bridgehead atoms. The highest BCUT2D eigenvalue weighted by Gasteiger charge is 2.49. The lowest BCUT2D eigenvalue weighted by atomic mass is 9.97. The first kappa shape index (κ1) is 13.5.